The standard InChI is InChI=1S/C23H31N3O4/c1-15-11-16(2)22(17(3)12-15)20-13-19(25-30-20)23(28)26(9-10-29-4)8-7-21(27)24-14-18-5-6-18/h11-13,18H,5-10,14H2,1-4H3,(H,24,27). The average Bonchev–Trinajstić information content (AvgIpc) is 3.41. The monoisotopic (exact) mass is 413 g/mol. The quantitative estimate of drug-likeness (QED) is 0.646. The van der Waals surface area contributed by atoms with Gasteiger partial charge in [-0.15, -0.1) is 0 Å². The first kappa shape index (κ1) is 22.0. The summed E-state index contributed by atoms with van der Waals surface area (Å²) in [6.45, 7) is 7.89. The highest BCUT2D eigenvalue weighted by Crippen LogP contribution is 2.29. The molecule has 1 heterocycles. The molecule has 0 aliphatic heterocycles. The van der Waals surface area contributed by atoms with E-state index in [1.54, 1.807) is 18.1 Å². The maximum atomic E-state index is 13.0. The first-order valence-corrected chi connectivity index (χ1v) is 10.5. The van der Waals surface area contributed by atoms with Crippen LogP contribution in [-0.2, 0) is 9.53 Å². The highest BCUT2D eigenvalue weighted by atomic mass is 16.5. The third kappa shape index (κ3) is 5.69. The molecule has 7 nitrogen and oxygen atoms in total. The summed E-state index contributed by atoms with van der Waals surface area (Å²) in [6.07, 6.45) is 2.63. The van der Waals surface area contributed by atoms with Crippen molar-refractivity contribution in [3.63, 3.8) is 0 Å². The minimum absolute atomic E-state index is 0.0381. The van der Waals surface area contributed by atoms with E-state index in [-0.39, 0.29) is 23.9 Å². The lowest BCUT2D eigenvalue weighted by Gasteiger charge is -2.21. The van der Waals surface area contributed by atoms with Crippen LogP contribution in [0.15, 0.2) is 22.7 Å². The number of amides is 2. The number of carbonyl (C=O) groups is 2. The molecule has 0 radical (unpaired) electrons. The Morgan fingerprint density at radius 1 is 1.17 bits per heavy atom. The van der Waals surface area contributed by atoms with Crippen LogP contribution in [0.25, 0.3) is 11.3 Å². The molecule has 1 N–H and O–H groups in total. The first-order chi connectivity index (χ1) is 14.4. The van der Waals surface area contributed by atoms with Crippen LogP contribution < -0.4 is 5.32 Å². The normalized spacial score (nSPS) is 13.3. The Kier molecular flexibility index (Phi) is 7.26. The van der Waals surface area contributed by atoms with Crippen molar-refractivity contribution in [2.75, 3.05) is 33.4 Å². The van der Waals surface area contributed by atoms with Gasteiger partial charge in [0.05, 0.1) is 6.61 Å². The summed E-state index contributed by atoms with van der Waals surface area (Å²) < 4.78 is 10.6. The molecule has 2 aromatic rings. The molecule has 0 atom stereocenters. The van der Waals surface area contributed by atoms with E-state index in [0.29, 0.717) is 31.4 Å². The second-order valence-corrected chi connectivity index (χ2v) is 8.13. The summed E-state index contributed by atoms with van der Waals surface area (Å²) >= 11 is 0. The number of rotatable bonds is 10. The number of nitrogens with zero attached hydrogens (tertiary/aromatic N) is 2. The fourth-order valence-electron chi connectivity index (χ4n) is 3.65. The first-order valence-electron chi connectivity index (χ1n) is 10.5. The molecular weight excluding hydrogens is 382 g/mol. The maximum Gasteiger partial charge on any atom is 0.276 e. The summed E-state index contributed by atoms with van der Waals surface area (Å²) in [4.78, 5) is 26.7. The average molecular weight is 414 g/mol. The molecule has 2 amide bonds. The molecule has 0 saturated heterocycles. The zero-order valence-electron chi connectivity index (χ0n) is 18.3. The number of carbonyl (C=O) groups excluding carboxylic acids is 2. The van der Waals surface area contributed by atoms with Crippen molar-refractivity contribution >= 4 is 11.8 Å². The summed E-state index contributed by atoms with van der Waals surface area (Å²) in [6, 6.07) is 5.84. The molecule has 0 unspecified atom stereocenters. The van der Waals surface area contributed by atoms with Crippen molar-refractivity contribution in [2.24, 2.45) is 5.92 Å². The minimum Gasteiger partial charge on any atom is -0.383 e. The maximum absolute atomic E-state index is 13.0. The van der Waals surface area contributed by atoms with Crippen molar-refractivity contribution in [1.29, 1.82) is 0 Å². The Morgan fingerprint density at radius 2 is 1.87 bits per heavy atom. The number of ether oxygens (including phenoxy) is 1. The number of aryl methyl sites for hydroxylation is 3. The van der Waals surface area contributed by atoms with Gasteiger partial charge < -0.3 is 19.5 Å². The van der Waals surface area contributed by atoms with E-state index in [1.165, 1.54) is 18.4 Å². The zero-order valence-corrected chi connectivity index (χ0v) is 18.3. The Labute approximate surface area is 177 Å². The van der Waals surface area contributed by atoms with Gasteiger partial charge in [-0.1, -0.05) is 22.9 Å². The lowest BCUT2D eigenvalue weighted by molar-refractivity contribution is -0.121. The van der Waals surface area contributed by atoms with Crippen LogP contribution in [0.4, 0.5) is 0 Å². The van der Waals surface area contributed by atoms with Gasteiger partial charge in [0, 0.05) is 44.8 Å². The van der Waals surface area contributed by atoms with E-state index in [1.807, 2.05) is 20.8 Å². The molecular formula is C23H31N3O4. The van der Waals surface area contributed by atoms with Gasteiger partial charge in [0.25, 0.3) is 5.91 Å². The van der Waals surface area contributed by atoms with E-state index < -0.39 is 0 Å². The summed E-state index contributed by atoms with van der Waals surface area (Å²) in [5.41, 5.74) is 4.52. The van der Waals surface area contributed by atoms with Gasteiger partial charge in [0.1, 0.15) is 0 Å². The Morgan fingerprint density at radius 3 is 2.50 bits per heavy atom. The molecule has 1 fully saturated rings. The van der Waals surface area contributed by atoms with Crippen molar-refractivity contribution in [3.8, 4) is 11.3 Å². The Hall–Kier alpha value is -2.67. The predicted octanol–water partition coefficient (Wildman–Crippen LogP) is 3.27. The second-order valence-electron chi connectivity index (χ2n) is 8.13. The molecule has 1 saturated carbocycles. The summed E-state index contributed by atoms with van der Waals surface area (Å²) in [5, 5.41) is 6.95. The van der Waals surface area contributed by atoms with Gasteiger partial charge in [0.2, 0.25) is 5.91 Å². The molecule has 162 valence electrons. The van der Waals surface area contributed by atoms with Gasteiger partial charge in [-0.3, -0.25) is 9.59 Å². The minimum atomic E-state index is -0.264. The second kappa shape index (κ2) is 9.89. The van der Waals surface area contributed by atoms with Crippen LogP contribution >= 0.6 is 0 Å². The van der Waals surface area contributed by atoms with Crippen LogP contribution in [0, 0.1) is 26.7 Å². The fourth-order valence-corrected chi connectivity index (χ4v) is 3.65. The Balaban J connectivity index is 1.69. The highest BCUT2D eigenvalue weighted by molar-refractivity contribution is 5.93. The summed E-state index contributed by atoms with van der Waals surface area (Å²) in [5.74, 6) is 0.896. The SMILES string of the molecule is COCCN(CCC(=O)NCC1CC1)C(=O)c1cc(-c2c(C)cc(C)cc2C)on1. The number of hydrogen-bond donors (Lipinski definition) is 1. The van der Waals surface area contributed by atoms with E-state index in [2.05, 4.69) is 22.6 Å². The number of methoxy groups -OCH3 is 1. The molecule has 0 bridgehead atoms. The molecule has 30 heavy (non-hydrogen) atoms. The summed E-state index contributed by atoms with van der Waals surface area (Å²) in [7, 11) is 1.59. The Bertz CT molecular complexity index is 879. The van der Waals surface area contributed by atoms with E-state index in [4.69, 9.17) is 9.26 Å². The van der Waals surface area contributed by atoms with Crippen molar-refractivity contribution in [1.82, 2.24) is 15.4 Å². The van der Waals surface area contributed by atoms with Crippen LogP contribution in [0.2, 0.25) is 0 Å². The number of nitrogens with one attached hydrogen (secondary N) is 1. The number of hydrogen-bond acceptors (Lipinski definition) is 5. The zero-order chi connectivity index (χ0) is 21.7. The third-order valence-corrected chi connectivity index (χ3v) is 5.40. The van der Waals surface area contributed by atoms with Gasteiger partial charge in [-0.05, 0) is 50.7 Å². The number of benzene rings is 1. The third-order valence-electron chi connectivity index (χ3n) is 5.40. The fraction of sp³-hybridized carbons (Fsp3) is 0.522. The lowest BCUT2D eigenvalue weighted by atomic mass is 9.98. The highest BCUT2D eigenvalue weighted by Gasteiger charge is 2.24. The van der Waals surface area contributed by atoms with E-state index >= 15 is 0 Å². The van der Waals surface area contributed by atoms with E-state index in [0.717, 1.165) is 23.2 Å². The molecule has 1 aliphatic rings. The van der Waals surface area contributed by atoms with Crippen molar-refractivity contribution in [2.45, 2.75) is 40.0 Å². The van der Waals surface area contributed by atoms with Gasteiger partial charge >= 0.3 is 0 Å². The van der Waals surface area contributed by atoms with Gasteiger partial charge in [-0.2, -0.15) is 0 Å². The lowest BCUT2D eigenvalue weighted by Crippen LogP contribution is -2.37. The van der Waals surface area contributed by atoms with E-state index in [9.17, 15) is 9.59 Å². The topological polar surface area (TPSA) is 84.7 Å². The molecule has 1 aromatic heterocycles. The largest absolute Gasteiger partial charge is 0.383 e. The predicted molar refractivity (Wildman–Crippen MR) is 114 cm³/mol. The van der Waals surface area contributed by atoms with Crippen molar-refractivity contribution in [3.05, 3.63) is 40.6 Å². The van der Waals surface area contributed by atoms with Crippen LogP contribution in [0.3, 0.4) is 0 Å². The van der Waals surface area contributed by atoms with Gasteiger partial charge in [0.15, 0.2) is 11.5 Å². The van der Waals surface area contributed by atoms with Crippen LogP contribution in [0.1, 0.15) is 46.4 Å². The molecule has 1 aromatic carbocycles. The van der Waals surface area contributed by atoms with Crippen LogP contribution in [0.5, 0.6) is 0 Å². The smallest absolute Gasteiger partial charge is 0.276 e. The molecule has 0 spiro atoms. The number of aromatic nitrogens is 1. The van der Waals surface area contributed by atoms with Gasteiger partial charge in [-0.25, -0.2) is 0 Å². The molecule has 1 aliphatic carbocycles. The van der Waals surface area contributed by atoms with Crippen LogP contribution in [-0.4, -0.2) is 55.2 Å². The molecule has 7 heteroatoms. The van der Waals surface area contributed by atoms with Crippen molar-refractivity contribution < 1.29 is 18.8 Å². The molecule has 3 rings (SSSR count).